The maximum Gasteiger partial charge on any atom is 0.319 e. The Morgan fingerprint density at radius 3 is 2.40 bits per heavy atom. The van der Waals surface area contributed by atoms with E-state index < -0.39 is 0 Å². The number of anilines is 1. The predicted octanol–water partition coefficient (Wildman–Crippen LogP) is 3.21. The van der Waals surface area contributed by atoms with Crippen molar-refractivity contribution in [3.05, 3.63) is 28.7 Å². The summed E-state index contributed by atoms with van der Waals surface area (Å²) in [5.41, 5.74) is 6.68. The molecule has 0 aliphatic carbocycles. The van der Waals surface area contributed by atoms with Gasteiger partial charge in [-0.2, -0.15) is 0 Å². The van der Waals surface area contributed by atoms with Crippen LogP contribution in [0.3, 0.4) is 0 Å². The van der Waals surface area contributed by atoms with Crippen molar-refractivity contribution in [1.82, 2.24) is 10.2 Å². The molecule has 0 saturated heterocycles. The SMILES string of the molecule is CC(C)C(N)CCN(C)C(=O)CCNC(=O)Nc1ccc(Br)cc1.Cl. The number of hydrogen-bond acceptors (Lipinski definition) is 3. The summed E-state index contributed by atoms with van der Waals surface area (Å²) in [4.78, 5) is 25.4. The lowest BCUT2D eigenvalue weighted by molar-refractivity contribution is -0.129. The first-order chi connectivity index (χ1) is 11.3. The molecular formula is C17H28BrClN4O2. The zero-order valence-electron chi connectivity index (χ0n) is 14.9. The number of urea groups is 1. The molecule has 0 saturated carbocycles. The second-order valence-electron chi connectivity index (χ2n) is 6.15. The van der Waals surface area contributed by atoms with Crippen LogP contribution in [0.1, 0.15) is 26.7 Å². The lowest BCUT2D eigenvalue weighted by Gasteiger charge is -2.21. The monoisotopic (exact) mass is 434 g/mol. The number of nitrogens with two attached hydrogens (primary N) is 1. The van der Waals surface area contributed by atoms with Crippen molar-refractivity contribution in [2.75, 3.05) is 25.5 Å². The number of nitrogens with zero attached hydrogens (tertiary/aromatic N) is 1. The van der Waals surface area contributed by atoms with Crippen molar-refractivity contribution in [2.45, 2.75) is 32.7 Å². The summed E-state index contributed by atoms with van der Waals surface area (Å²) in [6, 6.07) is 7.04. The fourth-order valence-corrected chi connectivity index (χ4v) is 2.25. The van der Waals surface area contributed by atoms with Crippen LogP contribution in [0.25, 0.3) is 0 Å². The van der Waals surface area contributed by atoms with Crippen LogP contribution in [0.2, 0.25) is 0 Å². The maximum absolute atomic E-state index is 12.0. The van der Waals surface area contributed by atoms with Crippen molar-refractivity contribution in [1.29, 1.82) is 0 Å². The number of amides is 3. The highest BCUT2D eigenvalue weighted by molar-refractivity contribution is 9.10. The predicted molar refractivity (Wildman–Crippen MR) is 108 cm³/mol. The topological polar surface area (TPSA) is 87.5 Å². The van der Waals surface area contributed by atoms with Gasteiger partial charge in [-0.3, -0.25) is 4.79 Å². The number of carbonyl (C=O) groups excluding carboxylic acids is 2. The fourth-order valence-electron chi connectivity index (χ4n) is 1.98. The minimum absolute atomic E-state index is 0. The molecule has 0 radical (unpaired) electrons. The number of carbonyl (C=O) groups is 2. The summed E-state index contributed by atoms with van der Waals surface area (Å²) < 4.78 is 0.944. The van der Waals surface area contributed by atoms with E-state index in [2.05, 4.69) is 40.4 Å². The van der Waals surface area contributed by atoms with Crippen LogP contribution < -0.4 is 16.4 Å². The molecule has 1 atom stereocenters. The van der Waals surface area contributed by atoms with E-state index in [1.165, 1.54) is 0 Å². The first kappa shape index (κ1) is 23.7. The Morgan fingerprint density at radius 2 is 1.84 bits per heavy atom. The largest absolute Gasteiger partial charge is 0.346 e. The lowest BCUT2D eigenvalue weighted by atomic mass is 10.0. The average Bonchev–Trinajstić information content (AvgIpc) is 2.54. The van der Waals surface area contributed by atoms with Gasteiger partial charge in [0.25, 0.3) is 0 Å². The molecule has 0 heterocycles. The maximum atomic E-state index is 12.0. The van der Waals surface area contributed by atoms with Gasteiger partial charge in [0.2, 0.25) is 5.91 Å². The van der Waals surface area contributed by atoms with Gasteiger partial charge in [0.1, 0.15) is 0 Å². The highest BCUT2D eigenvalue weighted by Crippen LogP contribution is 2.13. The van der Waals surface area contributed by atoms with E-state index in [1.54, 1.807) is 24.1 Å². The number of hydrogen-bond donors (Lipinski definition) is 3. The van der Waals surface area contributed by atoms with Crippen LogP contribution >= 0.6 is 28.3 Å². The molecule has 142 valence electrons. The van der Waals surface area contributed by atoms with Gasteiger partial charge in [0.15, 0.2) is 0 Å². The molecule has 6 nitrogen and oxygen atoms in total. The highest BCUT2D eigenvalue weighted by atomic mass is 79.9. The van der Waals surface area contributed by atoms with Gasteiger partial charge >= 0.3 is 6.03 Å². The third-order valence-corrected chi connectivity index (χ3v) is 4.34. The summed E-state index contributed by atoms with van der Waals surface area (Å²) in [7, 11) is 1.76. The minimum Gasteiger partial charge on any atom is -0.346 e. The average molecular weight is 436 g/mol. The van der Waals surface area contributed by atoms with Gasteiger partial charge < -0.3 is 21.3 Å². The fraction of sp³-hybridized carbons (Fsp3) is 0.529. The molecule has 1 aromatic carbocycles. The molecule has 1 unspecified atom stereocenters. The second kappa shape index (κ2) is 12.1. The standard InChI is InChI=1S/C17H27BrN4O2.ClH/c1-12(2)15(19)9-11-22(3)16(23)8-10-20-17(24)21-14-6-4-13(18)5-7-14;/h4-7,12,15H,8-11,19H2,1-3H3,(H2,20,21,24);1H. The smallest absolute Gasteiger partial charge is 0.319 e. The van der Waals surface area contributed by atoms with Crippen molar-refractivity contribution >= 4 is 46.0 Å². The van der Waals surface area contributed by atoms with Gasteiger partial charge in [-0.1, -0.05) is 29.8 Å². The first-order valence-corrected chi connectivity index (χ1v) is 8.89. The summed E-state index contributed by atoms with van der Waals surface area (Å²) >= 11 is 3.33. The lowest BCUT2D eigenvalue weighted by Crippen LogP contribution is -2.37. The van der Waals surface area contributed by atoms with Crippen LogP contribution in [-0.2, 0) is 4.79 Å². The summed E-state index contributed by atoms with van der Waals surface area (Å²) in [6.45, 7) is 5.06. The number of nitrogens with one attached hydrogen (secondary N) is 2. The van der Waals surface area contributed by atoms with E-state index in [9.17, 15) is 9.59 Å². The van der Waals surface area contributed by atoms with Crippen LogP contribution in [0, 0.1) is 5.92 Å². The van der Waals surface area contributed by atoms with Gasteiger partial charge in [-0.15, -0.1) is 12.4 Å². The molecule has 0 spiro atoms. The Kier molecular flexibility index (Phi) is 11.5. The molecule has 0 bridgehead atoms. The van der Waals surface area contributed by atoms with Gasteiger partial charge in [0.05, 0.1) is 0 Å². The first-order valence-electron chi connectivity index (χ1n) is 8.09. The molecule has 1 aromatic rings. The van der Waals surface area contributed by atoms with Gasteiger partial charge in [-0.05, 0) is 36.6 Å². The molecular weight excluding hydrogens is 408 g/mol. The molecule has 25 heavy (non-hydrogen) atoms. The zero-order chi connectivity index (χ0) is 18.1. The zero-order valence-corrected chi connectivity index (χ0v) is 17.3. The van der Waals surface area contributed by atoms with Crippen LogP contribution in [0.15, 0.2) is 28.7 Å². The molecule has 0 aromatic heterocycles. The molecule has 8 heteroatoms. The third kappa shape index (κ3) is 9.67. The summed E-state index contributed by atoms with van der Waals surface area (Å²) in [6.07, 6.45) is 1.04. The molecule has 4 N–H and O–H groups in total. The van der Waals surface area contributed by atoms with E-state index in [-0.39, 0.29) is 36.8 Å². The van der Waals surface area contributed by atoms with Crippen molar-refractivity contribution in [2.24, 2.45) is 11.7 Å². The van der Waals surface area contributed by atoms with Gasteiger partial charge in [-0.25, -0.2) is 4.79 Å². The molecule has 0 aliphatic heterocycles. The van der Waals surface area contributed by atoms with E-state index in [1.807, 2.05) is 12.1 Å². The molecule has 0 aliphatic rings. The van der Waals surface area contributed by atoms with Crippen molar-refractivity contribution in [3.63, 3.8) is 0 Å². The third-order valence-electron chi connectivity index (χ3n) is 3.81. The number of benzene rings is 1. The van der Waals surface area contributed by atoms with Gasteiger partial charge in [0, 0.05) is 42.8 Å². The highest BCUT2D eigenvalue weighted by Gasteiger charge is 2.13. The second-order valence-corrected chi connectivity index (χ2v) is 7.07. The Bertz CT molecular complexity index is 540. The van der Waals surface area contributed by atoms with Crippen molar-refractivity contribution in [3.8, 4) is 0 Å². The van der Waals surface area contributed by atoms with E-state index in [0.29, 0.717) is 24.7 Å². The number of rotatable bonds is 8. The Hall–Kier alpha value is -1.31. The Labute approximate surface area is 164 Å². The normalized spacial score (nSPS) is 11.4. The Morgan fingerprint density at radius 1 is 1.24 bits per heavy atom. The van der Waals surface area contributed by atoms with Crippen LogP contribution in [0.4, 0.5) is 10.5 Å². The Balaban J connectivity index is 0.00000576. The summed E-state index contributed by atoms with van der Waals surface area (Å²) in [5, 5.41) is 5.39. The van der Waals surface area contributed by atoms with E-state index in [0.717, 1.165) is 10.9 Å². The summed E-state index contributed by atoms with van der Waals surface area (Å²) in [5.74, 6) is 0.396. The van der Waals surface area contributed by atoms with Crippen LogP contribution in [0.5, 0.6) is 0 Å². The molecule has 1 rings (SSSR count). The van der Waals surface area contributed by atoms with E-state index >= 15 is 0 Å². The quantitative estimate of drug-likeness (QED) is 0.586. The van der Waals surface area contributed by atoms with E-state index in [4.69, 9.17) is 5.73 Å². The van der Waals surface area contributed by atoms with Crippen molar-refractivity contribution < 1.29 is 9.59 Å². The molecule has 3 amide bonds. The van der Waals surface area contributed by atoms with Crippen LogP contribution in [-0.4, -0.2) is 43.0 Å². The number of halogens is 2. The minimum atomic E-state index is -0.324. The molecule has 0 fully saturated rings.